The molecule has 4 rings (SSSR count). The minimum atomic E-state index is 0.169. The summed E-state index contributed by atoms with van der Waals surface area (Å²) < 4.78 is 6.54. The second-order valence-electron chi connectivity index (χ2n) is 10.6. The normalized spacial score (nSPS) is 45.5. The van der Waals surface area contributed by atoms with Gasteiger partial charge in [-0.1, -0.05) is 34.1 Å². The second-order valence-corrected chi connectivity index (χ2v) is 10.6. The number of fused-ring (bicyclic) bond motifs is 5. The van der Waals surface area contributed by atoms with Crippen LogP contribution in [0.25, 0.3) is 0 Å². The highest BCUT2D eigenvalue weighted by Crippen LogP contribution is 2.65. The zero-order chi connectivity index (χ0) is 19.9. The van der Waals surface area contributed by atoms with Gasteiger partial charge in [-0.05, 0) is 80.0 Å². The summed E-state index contributed by atoms with van der Waals surface area (Å²) in [4.78, 5) is 18.8. The summed E-state index contributed by atoms with van der Waals surface area (Å²) in [5, 5.41) is 1.80. The van der Waals surface area contributed by atoms with E-state index in [1.165, 1.54) is 32.1 Å². The standard InChI is InChI=1S/C24H41NO3/c1-5-14-27-19-16-20-24(4,13-10-21(26)25(20)28-15-6-2)18-9-12-23(3)11-7-8-17(23)22(18)19/h17-20,22H,5-16H2,1-4H3/t17-,18+,19?,20?,22-,23-,24+/m0/s1. The molecule has 2 unspecified atom stereocenters. The van der Waals surface area contributed by atoms with Gasteiger partial charge in [0.2, 0.25) is 5.91 Å². The predicted octanol–water partition coefficient (Wildman–Crippen LogP) is 5.36. The topological polar surface area (TPSA) is 38.8 Å². The maximum Gasteiger partial charge on any atom is 0.246 e. The minimum Gasteiger partial charge on any atom is -0.378 e. The van der Waals surface area contributed by atoms with Crippen molar-refractivity contribution in [2.75, 3.05) is 13.2 Å². The predicted molar refractivity (Wildman–Crippen MR) is 111 cm³/mol. The van der Waals surface area contributed by atoms with Gasteiger partial charge >= 0.3 is 0 Å². The fraction of sp³-hybridized carbons (Fsp3) is 0.958. The first-order valence-corrected chi connectivity index (χ1v) is 12.0. The van der Waals surface area contributed by atoms with Crippen molar-refractivity contribution < 1.29 is 14.4 Å². The summed E-state index contributed by atoms with van der Waals surface area (Å²) >= 11 is 0. The Hall–Kier alpha value is -0.610. The number of hydrogen-bond donors (Lipinski definition) is 0. The molecule has 3 aliphatic carbocycles. The number of carbonyl (C=O) groups excluding carboxylic acids is 1. The molecule has 0 radical (unpaired) electrons. The number of piperidine rings is 1. The molecule has 4 aliphatic rings. The van der Waals surface area contributed by atoms with Gasteiger partial charge < -0.3 is 4.74 Å². The van der Waals surface area contributed by atoms with Crippen LogP contribution in [0, 0.1) is 28.6 Å². The van der Waals surface area contributed by atoms with Gasteiger partial charge in [-0.3, -0.25) is 9.63 Å². The van der Waals surface area contributed by atoms with Crippen molar-refractivity contribution in [1.82, 2.24) is 5.06 Å². The van der Waals surface area contributed by atoms with E-state index in [1.807, 2.05) is 0 Å². The third kappa shape index (κ3) is 3.23. The van der Waals surface area contributed by atoms with Crippen LogP contribution in [0.15, 0.2) is 0 Å². The van der Waals surface area contributed by atoms with E-state index >= 15 is 0 Å². The number of carbonyl (C=O) groups is 1. The van der Waals surface area contributed by atoms with Crippen LogP contribution >= 0.6 is 0 Å². The van der Waals surface area contributed by atoms with Crippen LogP contribution in [0.2, 0.25) is 0 Å². The number of amides is 1. The zero-order valence-electron chi connectivity index (χ0n) is 18.5. The fourth-order valence-corrected chi connectivity index (χ4v) is 7.54. The Morgan fingerprint density at radius 3 is 2.57 bits per heavy atom. The Morgan fingerprint density at radius 2 is 1.82 bits per heavy atom. The molecule has 4 nitrogen and oxygen atoms in total. The lowest BCUT2D eigenvalue weighted by atomic mass is 9.47. The first-order chi connectivity index (χ1) is 13.4. The van der Waals surface area contributed by atoms with Crippen LogP contribution in [0.3, 0.4) is 0 Å². The molecule has 0 bridgehead atoms. The fourth-order valence-electron chi connectivity index (χ4n) is 7.54. The van der Waals surface area contributed by atoms with E-state index in [1.54, 1.807) is 5.06 Å². The summed E-state index contributed by atoms with van der Waals surface area (Å²) in [6.07, 6.45) is 11.7. The van der Waals surface area contributed by atoms with Crippen molar-refractivity contribution in [2.45, 2.75) is 104 Å². The van der Waals surface area contributed by atoms with Crippen molar-refractivity contribution in [1.29, 1.82) is 0 Å². The third-order valence-corrected chi connectivity index (χ3v) is 8.98. The third-order valence-electron chi connectivity index (χ3n) is 8.98. The number of hydrogen-bond acceptors (Lipinski definition) is 3. The van der Waals surface area contributed by atoms with Crippen LogP contribution in [-0.2, 0) is 14.4 Å². The first-order valence-electron chi connectivity index (χ1n) is 12.0. The molecule has 0 spiro atoms. The van der Waals surface area contributed by atoms with E-state index in [9.17, 15) is 4.79 Å². The first kappa shape index (κ1) is 20.7. The summed E-state index contributed by atoms with van der Waals surface area (Å²) in [5.41, 5.74) is 0.684. The van der Waals surface area contributed by atoms with Crippen LogP contribution in [0.5, 0.6) is 0 Å². The molecule has 160 valence electrons. The molecule has 7 atom stereocenters. The Kier molecular flexibility index (Phi) is 5.83. The van der Waals surface area contributed by atoms with Gasteiger partial charge in [0.1, 0.15) is 0 Å². The molecule has 0 N–H and O–H groups in total. The minimum absolute atomic E-state index is 0.169. The summed E-state index contributed by atoms with van der Waals surface area (Å²) in [7, 11) is 0. The van der Waals surface area contributed by atoms with E-state index in [4.69, 9.17) is 9.57 Å². The van der Waals surface area contributed by atoms with Crippen molar-refractivity contribution in [2.24, 2.45) is 28.6 Å². The molecular formula is C24H41NO3. The van der Waals surface area contributed by atoms with E-state index in [-0.39, 0.29) is 23.5 Å². The Balaban J connectivity index is 1.67. The number of rotatable bonds is 6. The van der Waals surface area contributed by atoms with Gasteiger partial charge in [-0.15, -0.1) is 0 Å². The van der Waals surface area contributed by atoms with Gasteiger partial charge in [-0.2, -0.15) is 0 Å². The molecule has 0 aromatic carbocycles. The Bertz CT molecular complexity index is 580. The van der Waals surface area contributed by atoms with E-state index in [0.717, 1.165) is 38.2 Å². The lowest BCUT2D eigenvalue weighted by Gasteiger charge is -2.63. The molecule has 4 fully saturated rings. The molecule has 4 heteroatoms. The summed E-state index contributed by atoms with van der Waals surface area (Å²) in [6, 6.07) is 0.175. The average molecular weight is 392 g/mol. The highest BCUT2D eigenvalue weighted by Gasteiger charge is 2.63. The molecule has 1 saturated heterocycles. The molecule has 28 heavy (non-hydrogen) atoms. The van der Waals surface area contributed by atoms with Gasteiger partial charge in [0.05, 0.1) is 18.8 Å². The van der Waals surface area contributed by atoms with Crippen LogP contribution in [-0.4, -0.2) is 36.3 Å². The summed E-state index contributed by atoms with van der Waals surface area (Å²) in [6.45, 7) is 10.8. The van der Waals surface area contributed by atoms with Gasteiger partial charge in [0.15, 0.2) is 0 Å². The maximum atomic E-state index is 12.8. The number of nitrogens with zero attached hydrogens (tertiary/aromatic N) is 1. The van der Waals surface area contributed by atoms with E-state index in [2.05, 4.69) is 27.7 Å². The molecular weight excluding hydrogens is 350 g/mol. The monoisotopic (exact) mass is 391 g/mol. The van der Waals surface area contributed by atoms with Crippen LogP contribution < -0.4 is 0 Å². The molecule has 3 saturated carbocycles. The van der Waals surface area contributed by atoms with Crippen molar-refractivity contribution in [3.8, 4) is 0 Å². The van der Waals surface area contributed by atoms with Crippen molar-refractivity contribution in [3.05, 3.63) is 0 Å². The Morgan fingerprint density at radius 1 is 1.04 bits per heavy atom. The van der Waals surface area contributed by atoms with Crippen LogP contribution in [0.1, 0.15) is 91.9 Å². The van der Waals surface area contributed by atoms with Crippen LogP contribution in [0.4, 0.5) is 0 Å². The Labute approximate surface area is 171 Å². The second kappa shape index (κ2) is 7.91. The summed E-state index contributed by atoms with van der Waals surface area (Å²) in [5.74, 6) is 2.30. The lowest BCUT2D eigenvalue weighted by Crippen LogP contribution is -2.65. The average Bonchev–Trinajstić information content (AvgIpc) is 3.08. The zero-order valence-corrected chi connectivity index (χ0v) is 18.5. The van der Waals surface area contributed by atoms with Gasteiger partial charge in [0, 0.05) is 13.0 Å². The van der Waals surface area contributed by atoms with Gasteiger partial charge in [-0.25, -0.2) is 5.06 Å². The quantitative estimate of drug-likeness (QED) is 0.612. The molecule has 0 aromatic rings. The number of hydroxylamine groups is 2. The highest BCUT2D eigenvalue weighted by molar-refractivity contribution is 5.76. The molecule has 1 aliphatic heterocycles. The van der Waals surface area contributed by atoms with E-state index < -0.39 is 0 Å². The SMILES string of the molecule is CCCOC1CC2N(OCCC)C(=O)CC[C@]2(C)[C@@H]2CC[C@]3(C)CCC[C@H]3[C@H]12. The highest BCUT2D eigenvalue weighted by atomic mass is 16.7. The molecule has 1 heterocycles. The van der Waals surface area contributed by atoms with Crippen molar-refractivity contribution in [3.63, 3.8) is 0 Å². The van der Waals surface area contributed by atoms with Crippen molar-refractivity contribution >= 4 is 5.91 Å². The number of ether oxygens (including phenoxy) is 1. The lowest BCUT2D eigenvalue weighted by molar-refractivity contribution is -0.262. The van der Waals surface area contributed by atoms with Gasteiger partial charge in [0.25, 0.3) is 0 Å². The molecule has 0 aromatic heterocycles. The van der Waals surface area contributed by atoms with E-state index in [0.29, 0.717) is 30.3 Å². The molecule has 1 amide bonds. The smallest absolute Gasteiger partial charge is 0.246 e. The largest absolute Gasteiger partial charge is 0.378 e. The maximum absolute atomic E-state index is 12.8.